The fraction of sp³-hybridized carbons (Fsp3) is 0.0435. The zero-order chi connectivity index (χ0) is 20.6. The minimum atomic E-state index is -4.52. The first-order valence-electron chi connectivity index (χ1n) is 8.69. The molecule has 0 unspecified atom stereocenters. The first-order chi connectivity index (χ1) is 13.9. The summed E-state index contributed by atoms with van der Waals surface area (Å²) in [5, 5.41) is 0.563. The van der Waals surface area contributed by atoms with Crippen LogP contribution in [-0.4, -0.2) is 5.78 Å². The standard InChI is InChI=1S/C23H13F3O3/c24-23(25,26)16-12-10-15(11-13-16)21(27)20-19(14-6-2-1-3-7-14)17-8-4-5-9-18(17)29-22(20)28/h1-13H. The first kappa shape index (κ1) is 18.7. The molecule has 0 spiro atoms. The summed E-state index contributed by atoms with van der Waals surface area (Å²) in [4.78, 5) is 25.8. The molecule has 0 bridgehead atoms. The van der Waals surface area contributed by atoms with Crippen LogP contribution in [0.4, 0.5) is 13.2 Å². The minimum Gasteiger partial charge on any atom is -0.422 e. The Balaban J connectivity index is 1.95. The van der Waals surface area contributed by atoms with Crippen LogP contribution in [0, 0.1) is 0 Å². The molecule has 0 saturated carbocycles. The van der Waals surface area contributed by atoms with Crippen molar-refractivity contribution in [2.75, 3.05) is 0 Å². The number of hydrogen-bond acceptors (Lipinski definition) is 3. The van der Waals surface area contributed by atoms with Gasteiger partial charge in [-0.3, -0.25) is 4.79 Å². The van der Waals surface area contributed by atoms with Gasteiger partial charge < -0.3 is 4.42 Å². The van der Waals surface area contributed by atoms with Gasteiger partial charge in [0.2, 0.25) is 5.78 Å². The summed E-state index contributed by atoms with van der Waals surface area (Å²) in [6.45, 7) is 0. The average molecular weight is 394 g/mol. The van der Waals surface area contributed by atoms with E-state index in [2.05, 4.69) is 0 Å². The van der Waals surface area contributed by atoms with E-state index in [1.165, 1.54) is 0 Å². The van der Waals surface area contributed by atoms with Crippen molar-refractivity contribution < 1.29 is 22.4 Å². The third kappa shape index (κ3) is 3.45. The van der Waals surface area contributed by atoms with E-state index in [9.17, 15) is 22.8 Å². The number of hydrogen-bond donors (Lipinski definition) is 0. The van der Waals surface area contributed by atoms with Gasteiger partial charge in [-0.2, -0.15) is 13.2 Å². The second-order valence-corrected chi connectivity index (χ2v) is 6.41. The second kappa shape index (κ2) is 7.05. The molecule has 0 amide bonds. The molecule has 4 aromatic rings. The topological polar surface area (TPSA) is 47.3 Å². The molecule has 0 N–H and O–H groups in total. The molecular weight excluding hydrogens is 381 g/mol. The van der Waals surface area contributed by atoms with Crippen molar-refractivity contribution in [1.29, 1.82) is 0 Å². The Labute approximate surface area is 163 Å². The molecule has 4 rings (SSSR count). The summed E-state index contributed by atoms with van der Waals surface area (Å²) in [7, 11) is 0. The molecule has 1 heterocycles. The van der Waals surface area contributed by atoms with Crippen LogP contribution in [0.15, 0.2) is 88.1 Å². The fourth-order valence-electron chi connectivity index (χ4n) is 3.22. The van der Waals surface area contributed by atoms with Gasteiger partial charge in [0.15, 0.2) is 0 Å². The Morgan fingerprint density at radius 1 is 0.793 bits per heavy atom. The lowest BCUT2D eigenvalue weighted by atomic mass is 9.92. The Bertz CT molecular complexity index is 1250. The molecule has 0 aliphatic rings. The van der Waals surface area contributed by atoms with Crippen molar-refractivity contribution in [3.8, 4) is 11.1 Å². The van der Waals surface area contributed by atoms with Gasteiger partial charge >= 0.3 is 11.8 Å². The van der Waals surface area contributed by atoms with E-state index in [-0.39, 0.29) is 11.1 Å². The number of carbonyl (C=O) groups excluding carboxylic acids is 1. The van der Waals surface area contributed by atoms with E-state index in [0.717, 1.165) is 24.3 Å². The second-order valence-electron chi connectivity index (χ2n) is 6.41. The van der Waals surface area contributed by atoms with Gasteiger partial charge in [0.1, 0.15) is 11.1 Å². The van der Waals surface area contributed by atoms with Crippen LogP contribution in [-0.2, 0) is 6.18 Å². The fourth-order valence-corrected chi connectivity index (χ4v) is 3.22. The van der Waals surface area contributed by atoms with Crippen molar-refractivity contribution in [3.63, 3.8) is 0 Å². The number of rotatable bonds is 3. The smallest absolute Gasteiger partial charge is 0.416 e. The van der Waals surface area contributed by atoms with E-state index in [0.29, 0.717) is 22.1 Å². The third-order valence-electron chi connectivity index (χ3n) is 4.58. The molecular formula is C23H13F3O3. The third-order valence-corrected chi connectivity index (χ3v) is 4.58. The molecule has 0 saturated heterocycles. The molecule has 0 fully saturated rings. The maximum absolute atomic E-state index is 13.1. The molecule has 0 atom stereocenters. The number of fused-ring (bicyclic) bond motifs is 1. The number of halogens is 3. The normalized spacial score (nSPS) is 11.6. The summed E-state index contributed by atoms with van der Waals surface area (Å²) in [6, 6.07) is 19.4. The lowest BCUT2D eigenvalue weighted by Gasteiger charge is -2.12. The van der Waals surface area contributed by atoms with Gasteiger partial charge in [-0.25, -0.2) is 4.79 Å². The average Bonchev–Trinajstić information content (AvgIpc) is 2.72. The van der Waals surface area contributed by atoms with Gasteiger partial charge in [-0.1, -0.05) is 60.7 Å². The zero-order valence-corrected chi connectivity index (χ0v) is 14.9. The number of ketones is 1. The Morgan fingerprint density at radius 2 is 1.41 bits per heavy atom. The van der Waals surface area contributed by atoms with Gasteiger partial charge in [0.25, 0.3) is 0 Å². The largest absolute Gasteiger partial charge is 0.422 e. The minimum absolute atomic E-state index is 0.0298. The number of para-hydroxylation sites is 1. The lowest BCUT2D eigenvalue weighted by molar-refractivity contribution is -0.137. The van der Waals surface area contributed by atoms with Crippen LogP contribution >= 0.6 is 0 Å². The van der Waals surface area contributed by atoms with Crippen molar-refractivity contribution in [3.05, 3.63) is 106 Å². The van der Waals surface area contributed by atoms with Gasteiger partial charge in [0, 0.05) is 16.5 Å². The summed E-state index contributed by atoms with van der Waals surface area (Å²) < 4.78 is 43.8. The Hall–Kier alpha value is -3.67. The first-order valence-corrected chi connectivity index (χ1v) is 8.69. The summed E-state index contributed by atoms with van der Waals surface area (Å²) >= 11 is 0. The quantitative estimate of drug-likeness (QED) is 0.330. The number of benzene rings is 3. The van der Waals surface area contributed by atoms with Gasteiger partial charge in [-0.15, -0.1) is 0 Å². The summed E-state index contributed by atoms with van der Waals surface area (Å²) in [6.07, 6.45) is -4.52. The SMILES string of the molecule is O=C(c1ccc(C(F)(F)F)cc1)c1c(-c2ccccc2)c2ccccc2oc1=O. The number of alkyl halides is 3. The molecule has 3 nitrogen and oxygen atoms in total. The maximum atomic E-state index is 13.1. The van der Waals surface area contributed by atoms with Crippen LogP contribution in [0.2, 0.25) is 0 Å². The Kier molecular flexibility index (Phi) is 4.54. The van der Waals surface area contributed by atoms with Crippen LogP contribution in [0.1, 0.15) is 21.5 Å². The highest BCUT2D eigenvalue weighted by atomic mass is 19.4. The molecule has 0 radical (unpaired) electrons. The van der Waals surface area contributed by atoms with Gasteiger partial charge in [0.05, 0.1) is 5.56 Å². The highest BCUT2D eigenvalue weighted by Crippen LogP contribution is 2.33. The highest BCUT2D eigenvalue weighted by molar-refractivity contribution is 6.16. The van der Waals surface area contributed by atoms with Gasteiger partial charge in [-0.05, 0) is 23.8 Å². The van der Waals surface area contributed by atoms with Crippen molar-refractivity contribution in [2.24, 2.45) is 0 Å². The maximum Gasteiger partial charge on any atom is 0.416 e. The van der Waals surface area contributed by atoms with E-state index in [4.69, 9.17) is 4.42 Å². The van der Waals surface area contributed by atoms with Crippen LogP contribution in [0.3, 0.4) is 0 Å². The monoisotopic (exact) mass is 394 g/mol. The van der Waals surface area contributed by atoms with Crippen LogP contribution in [0.5, 0.6) is 0 Å². The van der Waals surface area contributed by atoms with Crippen molar-refractivity contribution >= 4 is 16.8 Å². The number of carbonyl (C=O) groups is 1. The summed E-state index contributed by atoms with van der Waals surface area (Å²) in [5.41, 5.74) is -0.614. The summed E-state index contributed by atoms with van der Waals surface area (Å²) in [5.74, 6) is -0.697. The molecule has 0 aliphatic heterocycles. The van der Waals surface area contributed by atoms with E-state index in [1.807, 2.05) is 0 Å². The van der Waals surface area contributed by atoms with E-state index < -0.39 is 23.1 Å². The van der Waals surface area contributed by atoms with E-state index in [1.54, 1.807) is 54.6 Å². The Morgan fingerprint density at radius 3 is 2.07 bits per heavy atom. The van der Waals surface area contributed by atoms with E-state index >= 15 is 0 Å². The van der Waals surface area contributed by atoms with Crippen LogP contribution < -0.4 is 5.63 Å². The lowest BCUT2D eigenvalue weighted by Crippen LogP contribution is -2.17. The molecule has 29 heavy (non-hydrogen) atoms. The molecule has 6 heteroatoms. The predicted molar refractivity (Wildman–Crippen MR) is 103 cm³/mol. The molecule has 1 aromatic heterocycles. The van der Waals surface area contributed by atoms with Crippen molar-refractivity contribution in [2.45, 2.75) is 6.18 Å². The molecule has 3 aromatic carbocycles. The molecule has 144 valence electrons. The predicted octanol–water partition coefficient (Wildman–Crippen LogP) is 5.71. The van der Waals surface area contributed by atoms with Crippen LogP contribution in [0.25, 0.3) is 22.1 Å². The molecule has 0 aliphatic carbocycles. The highest BCUT2D eigenvalue weighted by Gasteiger charge is 2.31. The zero-order valence-electron chi connectivity index (χ0n) is 14.9. The van der Waals surface area contributed by atoms with Crippen molar-refractivity contribution in [1.82, 2.24) is 0 Å².